The Bertz CT molecular complexity index is 872. The predicted molar refractivity (Wildman–Crippen MR) is 125 cm³/mol. The smallest absolute Gasteiger partial charge is 0.333 e. The van der Waals surface area contributed by atoms with Crippen molar-refractivity contribution < 1.29 is 84.3 Å². The summed E-state index contributed by atoms with van der Waals surface area (Å²) in [5, 5.41) is 101. The van der Waals surface area contributed by atoms with Crippen molar-refractivity contribution in [2.75, 3.05) is 26.4 Å². The summed E-state index contributed by atoms with van der Waals surface area (Å²) in [7, 11) is 0. The minimum Gasteiger partial charge on any atom is -0.459 e. The summed E-state index contributed by atoms with van der Waals surface area (Å²) in [6, 6.07) is 0. The normalized spacial score (nSPS) is 46.4. The van der Waals surface area contributed by atoms with Gasteiger partial charge in [0.2, 0.25) is 5.79 Å². The largest absolute Gasteiger partial charge is 0.459 e. The Morgan fingerprint density at radius 1 is 0.775 bits per heavy atom. The number of aliphatic hydroxyl groups excluding tert-OH is 10. The first-order valence-corrected chi connectivity index (χ1v) is 12.6. The Balaban J connectivity index is 1.67. The molecule has 0 aliphatic carbocycles. The summed E-state index contributed by atoms with van der Waals surface area (Å²) in [6.07, 6.45) is -20.8. The molecule has 0 aromatic carbocycles. The van der Waals surface area contributed by atoms with Crippen molar-refractivity contribution in [2.24, 2.45) is 0 Å². The molecule has 3 aliphatic rings. The van der Waals surface area contributed by atoms with E-state index in [4.69, 9.17) is 28.4 Å². The van der Waals surface area contributed by atoms with Gasteiger partial charge < -0.3 is 79.5 Å². The summed E-state index contributed by atoms with van der Waals surface area (Å²) in [5.74, 6) is -3.09. The second-order valence-corrected chi connectivity index (χ2v) is 9.79. The molecular weight excluding hydrogens is 548 g/mol. The number of rotatable bonds is 10. The lowest BCUT2D eigenvalue weighted by Gasteiger charge is -2.44. The summed E-state index contributed by atoms with van der Waals surface area (Å²) in [4.78, 5) is 11.9. The molecule has 40 heavy (non-hydrogen) atoms. The van der Waals surface area contributed by atoms with Gasteiger partial charge in [0.05, 0.1) is 13.2 Å². The van der Waals surface area contributed by atoms with Crippen LogP contribution in [0.5, 0.6) is 0 Å². The Labute approximate surface area is 228 Å². The second kappa shape index (κ2) is 13.7. The van der Waals surface area contributed by atoms with Crippen LogP contribution in [0.1, 0.15) is 13.8 Å². The number of carbonyl (C=O) groups is 1. The third-order valence-corrected chi connectivity index (χ3v) is 7.12. The highest BCUT2D eigenvalue weighted by Crippen LogP contribution is 2.36. The maximum absolute atomic E-state index is 11.9. The van der Waals surface area contributed by atoms with Crippen LogP contribution in [0.25, 0.3) is 0 Å². The van der Waals surface area contributed by atoms with Crippen LogP contribution in [0.2, 0.25) is 0 Å². The van der Waals surface area contributed by atoms with Crippen molar-refractivity contribution in [3.63, 3.8) is 0 Å². The molecule has 3 fully saturated rings. The first-order chi connectivity index (χ1) is 18.8. The number of esters is 1. The minimum absolute atomic E-state index is 0.277. The Hall–Kier alpha value is -1.39. The fourth-order valence-corrected chi connectivity index (χ4v) is 4.39. The summed E-state index contributed by atoms with van der Waals surface area (Å²) < 4.78 is 32.0. The van der Waals surface area contributed by atoms with E-state index in [1.54, 1.807) is 6.92 Å². The molecule has 3 aliphatic heterocycles. The Kier molecular flexibility index (Phi) is 11.4. The van der Waals surface area contributed by atoms with Crippen LogP contribution in [0.15, 0.2) is 11.6 Å². The molecule has 0 amide bonds. The number of hydrogen-bond acceptors (Lipinski definition) is 17. The molecule has 17 heteroatoms. The zero-order valence-corrected chi connectivity index (χ0v) is 21.7. The molecule has 0 aromatic heterocycles. The number of hydrogen-bond donors (Lipinski definition) is 10. The highest BCUT2D eigenvalue weighted by Gasteiger charge is 2.58. The van der Waals surface area contributed by atoms with Crippen LogP contribution in [0.4, 0.5) is 0 Å². The van der Waals surface area contributed by atoms with Gasteiger partial charge in [0.25, 0.3) is 0 Å². The fraction of sp³-hybridized carbons (Fsp3) is 0.870. The van der Waals surface area contributed by atoms with Crippen LogP contribution in [0, 0.1) is 0 Å². The molecule has 3 heterocycles. The van der Waals surface area contributed by atoms with Crippen LogP contribution >= 0.6 is 0 Å². The van der Waals surface area contributed by atoms with E-state index in [1.165, 1.54) is 13.0 Å². The van der Waals surface area contributed by atoms with Gasteiger partial charge in [-0.15, -0.1) is 0 Å². The fourth-order valence-electron chi connectivity index (χ4n) is 4.39. The van der Waals surface area contributed by atoms with E-state index in [0.29, 0.717) is 0 Å². The Morgan fingerprint density at radius 2 is 1.32 bits per heavy atom. The number of ether oxygens (including phenoxy) is 6. The highest BCUT2D eigenvalue weighted by atomic mass is 16.8. The van der Waals surface area contributed by atoms with Crippen molar-refractivity contribution in [1.29, 1.82) is 0 Å². The van der Waals surface area contributed by atoms with E-state index < -0.39 is 118 Å². The van der Waals surface area contributed by atoms with Gasteiger partial charge in [0.15, 0.2) is 12.6 Å². The summed E-state index contributed by atoms with van der Waals surface area (Å²) >= 11 is 0. The summed E-state index contributed by atoms with van der Waals surface area (Å²) in [6.45, 7) is 0.103. The van der Waals surface area contributed by atoms with Crippen molar-refractivity contribution in [1.82, 2.24) is 0 Å². The molecule has 3 rings (SSSR count). The van der Waals surface area contributed by atoms with Gasteiger partial charge in [0, 0.05) is 5.57 Å². The standard InChI is InChI=1S/C23H38O17/c1-3-8(2)20(34)35-5-10-12(26)15(29)17(31)21(37-10)36-6-11-13(27)16(30)18(32)22(38-11)40-23(7-25)19(33)14(28)9(4-24)39-23/h3,9-19,21-22,24-33H,4-7H2,1-2H3/b8-3+/t9-,10+,11+,12-,13-,14+,15-,16-,17-,18-,19+,21+,22-,23+/m0/s1. The molecular formula is C23H38O17. The lowest BCUT2D eigenvalue weighted by Crippen LogP contribution is -2.63. The maximum Gasteiger partial charge on any atom is 0.333 e. The van der Waals surface area contributed by atoms with E-state index in [2.05, 4.69) is 0 Å². The first kappa shape index (κ1) is 33.1. The molecule has 0 spiro atoms. The number of carbonyl (C=O) groups excluding carboxylic acids is 1. The molecule has 0 saturated carbocycles. The number of aliphatic hydroxyl groups is 10. The quantitative estimate of drug-likeness (QED) is 0.0842. The van der Waals surface area contributed by atoms with Crippen molar-refractivity contribution in [3.05, 3.63) is 11.6 Å². The van der Waals surface area contributed by atoms with Gasteiger partial charge in [-0.3, -0.25) is 0 Å². The number of allylic oxidation sites excluding steroid dienone is 1. The second-order valence-electron chi connectivity index (χ2n) is 9.79. The van der Waals surface area contributed by atoms with E-state index in [-0.39, 0.29) is 5.57 Å². The average Bonchev–Trinajstić information content (AvgIpc) is 3.20. The van der Waals surface area contributed by atoms with Gasteiger partial charge in [-0.1, -0.05) is 6.08 Å². The van der Waals surface area contributed by atoms with Crippen molar-refractivity contribution in [2.45, 2.75) is 99.4 Å². The van der Waals surface area contributed by atoms with Gasteiger partial charge in [0.1, 0.15) is 80.4 Å². The molecule has 10 N–H and O–H groups in total. The Morgan fingerprint density at radius 3 is 1.85 bits per heavy atom. The van der Waals surface area contributed by atoms with Gasteiger partial charge in [-0.05, 0) is 13.8 Å². The predicted octanol–water partition coefficient (Wildman–Crippen LogP) is -6.05. The molecule has 232 valence electrons. The van der Waals surface area contributed by atoms with Crippen LogP contribution < -0.4 is 0 Å². The topological polar surface area (TPSA) is 275 Å². The van der Waals surface area contributed by atoms with Gasteiger partial charge in [-0.25, -0.2) is 4.79 Å². The molecule has 14 atom stereocenters. The van der Waals surface area contributed by atoms with Crippen molar-refractivity contribution in [3.8, 4) is 0 Å². The van der Waals surface area contributed by atoms with Gasteiger partial charge in [-0.2, -0.15) is 0 Å². The van der Waals surface area contributed by atoms with E-state index in [9.17, 15) is 55.9 Å². The molecule has 0 radical (unpaired) electrons. The average molecular weight is 587 g/mol. The highest BCUT2D eigenvalue weighted by molar-refractivity contribution is 5.87. The van der Waals surface area contributed by atoms with Crippen LogP contribution in [0.3, 0.4) is 0 Å². The van der Waals surface area contributed by atoms with E-state index in [0.717, 1.165) is 0 Å². The maximum atomic E-state index is 11.9. The van der Waals surface area contributed by atoms with Crippen LogP contribution in [-0.4, -0.2) is 169 Å². The lowest BCUT2D eigenvalue weighted by atomic mass is 9.98. The third kappa shape index (κ3) is 6.64. The minimum atomic E-state index is -2.38. The SMILES string of the molecule is C/C=C(\C)C(=O)OC[C@H]1O[C@@H](OC[C@H]2O[C@@H](O[C@@]3(CO)O[C@@H](CO)[C@@H](O)[C@H]3O)[C@@H](O)[C@@H](O)[C@H]2O)[C@@H](O)[C@@H](O)[C@H]1O. The molecule has 0 bridgehead atoms. The summed E-state index contributed by atoms with van der Waals surface area (Å²) in [5.41, 5.74) is 0.277. The monoisotopic (exact) mass is 586 g/mol. The van der Waals surface area contributed by atoms with E-state index in [1.807, 2.05) is 0 Å². The third-order valence-electron chi connectivity index (χ3n) is 7.12. The zero-order valence-electron chi connectivity index (χ0n) is 21.7. The zero-order chi connectivity index (χ0) is 29.9. The molecule has 3 saturated heterocycles. The lowest BCUT2D eigenvalue weighted by molar-refractivity contribution is -0.388. The molecule has 0 unspecified atom stereocenters. The van der Waals surface area contributed by atoms with Crippen molar-refractivity contribution >= 4 is 5.97 Å². The van der Waals surface area contributed by atoms with Gasteiger partial charge >= 0.3 is 5.97 Å². The van der Waals surface area contributed by atoms with E-state index >= 15 is 0 Å². The molecule has 0 aromatic rings. The molecule has 17 nitrogen and oxygen atoms in total. The van der Waals surface area contributed by atoms with Crippen LogP contribution in [-0.2, 0) is 33.2 Å². The first-order valence-electron chi connectivity index (χ1n) is 12.6.